The zero-order chi connectivity index (χ0) is 19.9. The van der Waals surface area contributed by atoms with Crippen LogP contribution in [0.4, 0.5) is 10.5 Å². The highest BCUT2D eigenvalue weighted by atomic mass is 16.2. The Morgan fingerprint density at radius 1 is 1.11 bits per heavy atom. The highest BCUT2D eigenvalue weighted by Crippen LogP contribution is 2.25. The summed E-state index contributed by atoms with van der Waals surface area (Å²) in [6.45, 7) is 4.71. The Morgan fingerprint density at radius 3 is 2.50 bits per heavy atom. The molecule has 154 valence electrons. The van der Waals surface area contributed by atoms with E-state index in [1.165, 1.54) is 30.5 Å². The number of nitrogens with zero attached hydrogens (tertiary/aromatic N) is 2. The molecule has 1 aromatic rings. The Hall–Kier alpha value is -2.08. The number of rotatable bonds is 6. The molecule has 1 saturated carbocycles. The van der Waals surface area contributed by atoms with Gasteiger partial charge in [-0.2, -0.15) is 0 Å². The Morgan fingerprint density at radius 2 is 1.79 bits per heavy atom. The Labute approximate surface area is 168 Å². The van der Waals surface area contributed by atoms with Crippen molar-refractivity contribution in [1.29, 1.82) is 0 Å². The zero-order valence-corrected chi connectivity index (χ0v) is 17.2. The molecule has 0 bridgehead atoms. The molecule has 6 heteroatoms. The quantitative estimate of drug-likeness (QED) is 0.788. The second-order valence-corrected chi connectivity index (χ2v) is 8.21. The molecule has 1 heterocycles. The number of benzene rings is 1. The summed E-state index contributed by atoms with van der Waals surface area (Å²) in [6.07, 6.45) is 8.08. The van der Waals surface area contributed by atoms with Crippen molar-refractivity contribution in [2.24, 2.45) is 0 Å². The summed E-state index contributed by atoms with van der Waals surface area (Å²) < 4.78 is 0. The predicted octanol–water partition coefficient (Wildman–Crippen LogP) is 3.27. The van der Waals surface area contributed by atoms with Crippen molar-refractivity contribution >= 4 is 17.6 Å². The van der Waals surface area contributed by atoms with Gasteiger partial charge in [0.25, 0.3) is 0 Å². The lowest BCUT2D eigenvalue weighted by molar-refractivity contribution is -0.124. The SMILES string of the molecule is CC(C(=O)NC(=O)NC1CCCC1)N(C)Cc1ccccc1N1CCCCC1. The van der Waals surface area contributed by atoms with Crippen LogP contribution in [-0.4, -0.2) is 49.1 Å². The summed E-state index contributed by atoms with van der Waals surface area (Å²) in [5.74, 6) is -0.256. The number of urea groups is 1. The fraction of sp³-hybridized carbons (Fsp3) is 0.636. The van der Waals surface area contributed by atoms with Crippen LogP contribution in [-0.2, 0) is 11.3 Å². The zero-order valence-electron chi connectivity index (χ0n) is 17.2. The second-order valence-electron chi connectivity index (χ2n) is 8.21. The molecule has 2 N–H and O–H groups in total. The van der Waals surface area contributed by atoms with Crippen LogP contribution in [0.2, 0.25) is 0 Å². The summed E-state index contributed by atoms with van der Waals surface area (Å²) in [5.41, 5.74) is 2.49. The maximum absolute atomic E-state index is 12.5. The molecule has 0 radical (unpaired) electrons. The summed E-state index contributed by atoms with van der Waals surface area (Å²) in [7, 11) is 1.94. The summed E-state index contributed by atoms with van der Waals surface area (Å²) in [5, 5.41) is 5.42. The average Bonchev–Trinajstić information content (AvgIpc) is 3.21. The summed E-state index contributed by atoms with van der Waals surface area (Å²) in [4.78, 5) is 29.1. The molecular weight excluding hydrogens is 352 g/mol. The Kier molecular flexibility index (Phi) is 7.31. The highest BCUT2D eigenvalue weighted by molar-refractivity contribution is 5.96. The number of amides is 3. The lowest BCUT2D eigenvalue weighted by Crippen LogP contribution is -2.50. The first kappa shape index (κ1) is 20.6. The number of nitrogens with one attached hydrogen (secondary N) is 2. The van der Waals surface area contributed by atoms with Crippen molar-refractivity contribution in [3.05, 3.63) is 29.8 Å². The van der Waals surface area contributed by atoms with Gasteiger partial charge in [-0.05, 0) is 57.7 Å². The first-order chi connectivity index (χ1) is 13.5. The summed E-state index contributed by atoms with van der Waals surface area (Å²) in [6, 6.07) is 7.89. The van der Waals surface area contributed by atoms with E-state index >= 15 is 0 Å². The maximum Gasteiger partial charge on any atom is 0.321 e. The van der Waals surface area contributed by atoms with Crippen molar-refractivity contribution < 1.29 is 9.59 Å². The van der Waals surface area contributed by atoms with Gasteiger partial charge in [-0.15, -0.1) is 0 Å². The molecule has 1 aliphatic heterocycles. The summed E-state index contributed by atoms with van der Waals surface area (Å²) >= 11 is 0. The number of carbonyl (C=O) groups is 2. The minimum atomic E-state index is -0.385. The molecule has 0 spiro atoms. The lowest BCUT2D eigenvalue weighted by Gasteiger charge is -2.32. The van der Waals surface area contributed by atoms with Gasteiger partial charge < -0.3 is 10.2 Å². The molecule has 1 aromatic carbocycles. The van der Waals surface area contributed by atoms with E-state index in [4.69, 9.17) is 0 Å². The van der Waals surface area contributed by atoms with Crippen LogP contribution < -0.4 is 15.5 Å². The normalized spacial score (nSPS) is 18.9. The maximum atomic E-state index is 12.5. The molecule has 3 amide bonds. The number of hydrogen-bond donors (Lipinski definition) is 2. The largest absolute Gasteiger partial charge is 0.371 e. The van der Waals surface area contributed by atoms with Gasteiger partial charge in [0.2, 0.25) is 5.91 Å². The van der Waals surface area contributed by atoms with Crippen LogP contribution in [0.3, 0.4) is 0 Å². The van der Waals surface area contributed by atoms with Crippen LogP contribution in [0, 0.1) is 0 Å². The van der Waals surface area contributed by atoms with Gasteiger partial charge in [0.15, 0.2) is 0 Å². The molecular formula is C22H34N4O2. The van der Waals surface area contributed by atoms with Gasteiger partial charge in [0, 0.05) is 31.4 Å². The molecule has 2 aliphatic rings. The van der Waals surface area contributed by atoms with Crippen LogP contribution in [0.5, 0.6) is 0 Å². The molecule has 0 aromatic heterocycles. The number of hydrogen-bond acceptors (Lipinski definition) is 4. The molecule has 1 atom stereocenters. The molecule has 28 heavy (non-hydrogen) atoms. The average molecular weight is 387 g/mol. The van der Waals surface area contributed by atoms with E-state index < -0.39 is 0 Å². The smallest absolute Gasteiger partial charge is 0.321 e. The number of piperidine rings is 1. The van der Waals surface area contributed by atoms with Crippen LogP contribution in [0.25, 0.3) is 0 Å². The van der Waals surface area contributed by atoms with E-state index in [1.807, 2.05) is 18.9 Å². The Balaban J connectivity index is 1.55. The minimum absolute atomic E-state index is 0.206. The van der Waals surface area contributed by atoms with Crippen LogP contribution >= 0.6 is 0 Å². The van der Waals surface area contributed by atoms with Gasteiger partial charge in [-0.3, -0.25) is 15.0 Å². The van der Waals surface area contributed by atoms with Gasteiger partial charge in [-0.1, -0.05) is 31.0 Å². The van der Waals surface area contributed by atoms with Crippen molar-refractivity contribution in [2.45, 2.75) is 70.5 Å². The van der Waals surface area contributed by atoms with Crippen molar-refractivity contribution in [3.63, 3.8) is 0 Å². The minimum Gasteiger partial charge on any atom is -0.371 e. The van der Waals surface area contributed by atoms with E-state index in [2.05, 4.69) is 39.8 Å². The van der Waals surface area contributed by atoms with Crippen molar-refractivity contribution in [3.8, 4) is 0 Å². The fourth-order valence-corrected chi connectivity index (χ4v) is 4.20. The van der Waals surface area contributed by atoms with E-state index in [0.717, 1.165) is 38.8 Å². The van der Waals surface area contributed by atoms with E-state index in [9.17, 15) is 9.59 Å². The van der Waals surface area contributed by atoms with Crippen molar-refractivity contribution in [2.75, 3.05) is 25.0 Å². The number of anilines is 1. The third-order valence-corrected chi connectivity index (χ3v) is 6.08. The first-order valence-corrected chi connectivity index (χ1v) is 10.7. The van der Waals surface area contributed by atoms with Gasteiger partial charge in [0.1, 0.15) is 0 Å². The standard InChI is InChI=1S/C22H34N4O2/c1-17(21(27)24-22(28)23-19-11-5-6-12-19)25(2)16-18-10-4-7-13-20(18)26-14-8-3-9-15-26/h4,7,10,13,17,19H,3,5-6,8-9,11-12,14-16H2,1-2H3,(H2,23,24,27,28). The van der Waals surface area contributed by atoms with Crippen LogP contribution in [0.15, 0.2) is 24.3 Å². The molecule has 6 nitrogen and oxygen atoms in total. The van der Waals surface area contributed by atoms with Crippen LogP contribution in [0.1, 0.15) is 57.4 Å². The second kappa shape index (κ2) is 9.92. The number of imide groups is 1. The lowest BCUT2D eigenvalue weighted by atomic mass is 10.1. The third kappa shape index (κ3) is 5.47. The number of carbonyl (C=O) groups excluding carboxylic acids is 2. The number of para-hydroxylation sites is 1. The molecule has 1 saturated heterocycles. The topological polar surface area (TPSA) is 64.7 Å². The molecule has 1 unspecified atom stereocenters. The highest BCUT2D eigenvalue weighted by Gasteiger charge is 2.24. The third-order valence-electron chi connectivity index (χ3n) is 6.08. The fourth-order valence-electron chi connectivity index (χ4n) is 4.20. The number of likely N-dealkylation sites (N-methyl/N-ethyl adjacent to an activating group) is 1. The molecule has 3 rings (SSSR count). The first-order valence-electron chi connectivity index (χ1n) is 10.7. The Bertz CT molecular complexity index is 666. The van der Waals surface area contributed by atoms with E-state index in [1.54, 1.807) is 0 Å². The van der Waals surface area contributed by atoms with Crippen molar-refractivity contribution in [1.82, 2.24) is 15.5 Å². The molecule has 1 aliphatic carbocycles. The van der Waals surface area contributed by atoms with Gasteiger partial charge in [-0.25, -0.2) is 4.79 Å². The van der Waals surface area contributed by atoms with E-state index in [-0.39, 0.29) is 24.0 Å². The molecule has 2 fully saturated rings. The predicted molar refractivity (Wildman–Crippen MR) is 112 cm³/mol. The van der Waals surface area contributed by atoms with Gasteiger partial charge in [0.05, 0.1) is 6.04 Å². The monoisotopic (exact) mass is 386 g/mol. The van der Waals surface area contributed by atoms with E-state index in [0.29, 0.717) is 6.54 Å². The van der Waals surface area contributed by atoms with Gasteiger partial charge >= 0.3 is 6.03 Å².